The summed E-state index contributed by atoms with van der Waals surface area (Å²) in [7, 11) is 0. The highest BCUT2D eigenvalue weighted by molar-refractivity contribution is 5.56. The molecular formula is C14H11N4. The number of aromatic nitrogens is 3. The minimum absolute atomic E-state index is 0.736. The van der Waals surface area contributed by atoms with Gasteiger partial charge in [-0.25, -0.2) is 4.68 Å². The molecule has 0 amide bonds. The summed E-state index contributed by atoms with van der Waals surface area (Å²) in [6.07, 6.45) is 2.80. The molecule has 3 rings (SSSR count). The third-order valence-electron chi connectivity index (χ3n) is 2.55. The number of rotatable bonds is 3. The molecule has 4 heteroatoms. The molecule has 0 saturated carbocycles. The Kier molecular flexibility index (Phi) is 2.75. The summed E-state index contributed by atoms with van der Waals surface area (Å²) in [4.78, 5) is 0. The van der Waals surface area contributed by atoms with Gasteiger partial charge in [-0.05, 0) is 12.1 Å². The van der Waals surface area contributed by atoms with Gasteiger partial charge in [-0.3, -0.25) is 5.43 Å². The molecule has 0 aliphatic carbocycles. The van der Waals surface area contributed by atoms with E-state index in [0.717, 1.165) is 17.1 Å². The van der Waals surface area contributed by atoms with Crippen molar-refractivity contribution in [2.24, 2.45) is 0 Å². The smallest absolute Gasteiger partial charge is 0.223 e. The maximum absolute atomic E-state index is 4.08. The molecular weight excluding hydrogens is 224 g/mol. The van der Waals surface area contributed by atoms with Crippen LogP contribution in [0, 0.1) is 6.33 Å². The molecule has 3 aromatic rings. The molecule has 1 aromatic heterocycles. The Bertz CT molecular complexity index is 617. The summed E-state index contributed by atoms with van der Waals surface area (Å²) in [6, 6.07) is 19.7. The van der Waals surface area contributed by atoms with Crippen molar-refractivity contribution < 1.29 is 0 Å². The van der Waals surface area contributed by atoms with Gasteiger partial charge in [0.05, 0.1) is 5.69 Å². The Morgan fingerprint density at radius 1 is 0.889 bits per heavy atom. The van der Waals surface area contributed by atoms with Gasteiger partial charge < -0.3 is 0 Å². The van der Waals surface area contributed by atoms with Crippen molar-refractivity contribution in [3.8, 4) is 11.4 Å². The van der Waals surface area contributed by atoms with Crippen molar-refractivity contribution in [1.82, 2.24) is 14.9 Å². The number of para-hydroxylation sites is 1. The van der Waals surface area contributed by atoms with Crippen LogP contribution in [0.4, 0.5) is 5.69 Å². The summed E-state index contributed by atoms with van der Waals surface area (Å²) >= 11 is 0. The van der Waals surface area contributed by atoms with Gasteiger partial charge in [0.2, 0.25) is 6.33 Å². The Morgan fingerprint density at radius 3 is 2.28 bits per heavy atom. The van der Waals surface area contributed by atoms with E-state index >= 15 is 0 Å². The molecule has 0 bridgehead atoms. The maximum Gasteiger partial charge on any atom is 0.223 e. The van der Waals surface area contributed by atoms with Crippen LogP contribution in [0.5, 0.6) is 0 Å². The molecule has 0 fully saturated rings. The lowest BCUT2D eigenvalue weighted by atomic mass is 10.2. The van der Waals surface area contributed by atoms with Gasteiger partial charge in [-0.1, -0.05) is 48.5 Å². The Morgan fingerprint density at radius 2 is 1.56 bits per heavy atom. The molecule has 0 aliphatic rings. The van der Waals surface area contributed by atoms with Gasteiger partial charge in [-0.15, -0.1) is 10.2 Å². The Balaban J connectivity index is 1.93. The minimum atomic E-state index is 0.736. The predicted octanol–water partition coefficient (Wildman–Crippen LogP) is 2.62. The predicted molar refractivity (Wildman–Crippen MR) is 69.8 cm³/mol. The zero-order chi connectivity index (χ0) is 12.2. The van der Waals surface area contributed by atoms with Gasteiger partial charge >= 0.3 is 0 Å². The van der Waals surface area contributed by atoms with Crippen molar-refractivity contribution in [2.45, 2.75) is 0 Å². The van der Waals surface area contributed by atoms with E-state index in [9.17, 15) is 0 Å². The van der Waals surface area contributed by atoms with E-state index in [1.807, 2.05) is 60.7 Å². The lowest BCUT2D eigenvalue weighted by Crippen LogP contribution is -2.09. The molecule has 0 spiro atoms. The van der Waals surface area contributed by atoms with Crippen molar-refractivity contribution in [3.05, 3.63) is 67.0 Å². The minimum Gasteiger partial charge on any atom is -0.291 e. The monoisotopic (exact) mass is 235 g/mol. The highest BCUT2D eigenvalue weighted by atomic mass is 15.5. The van der Waals surface area contributed by atoms with Gasteiger partial charge in [-0.2, -0.15) is 0 Å². The third-order valence-corrected chi connectivity index (χ3v) is 2.55. The van der Waals surface area contributed by atoms with Crippen LogP contribution in [0.15, 0.2) is 60.7 Å². The van der Waals surface area contributed by atoms with E-state index in [2.05, 4.69) is 22.0 Å². The van der Waals surface area contributed by atoms with E-state index in [4.69, 9.17) is 0 Å². The molecule has 2 aromatic carbocycles. The highest BCUT2D eigenvalue weighted by Gasteiger charge is 2.06. The number of nitrogens with one attached hydrogen (secondary N) is 1. The summed E-state index contributed by atoms with van der Waals surface area (Å²) in [6.45, 7) is 0. The molecule has 4 nitrogen and oxygen atoms in total. The maximum atomic E-state index is 4.08. The average Bonchev–Trinajstić information content (AvgIpc) is 2.89. The van der Waals surface area contributed by atoms with E-state index in [1.165, 1.54) is 0 Å². The van der Waals surface area contributed by atoms with Crippen LogP contribution in [0.2, 0.25) is 0 Å². The second-order valence-corrected chi connectivity index (χ2v) is 3.80. The molecule has 0 unspecified atom stereocenters. The highest BCUT2D eigenvalue weighted by Crippen LogP contribution is 2.16. The molecule has 0 atom stereocenters. The lowest BCUT2D eigenvalue weighted by Gasteiger charge is -2.08. The third kappa shape index (κ3) is 2.08. The number of nitrogens with zero attached hydrogens (tertiary/aromatic N) is 3. The first-order chi connectivity index (χ1) is 8.93. The van der Waals surface area contributed by atoms with Crippen LogP contribution in [-0.4, -0.2) is 14.9 Å². The topological polar surface area (TPSA) is 42.7 Å². The van der Waals surface area contributed by atoms with Crippen molar-refractivity contribution in [1.29, 1.82) is 0 Å². The molecule has 1 heterocycles. The van der Waals surface area contributed by atoms with Crippen molar-refractivity contribution in [2.75, 3.05) is 5.43 Å². The normalized spacial score (nSPS) is 10.2. The number of hydrogen-bond acceptors (Lipinski definition) is 3. The Hall–Kier alpha value is -2.62. The number of hydrogen-bond donors (Lipinski definition) is 1. The quantitative estimate of drug-likeness (QED) is 0.758. The molecule has 18 heavy (non-hydrogen) atoms. The molecule has 1 N–H and O–H groups in total. The zero-order valence-electron chi connectivity index (χ0n) is 9.62. The molecule has 0 saturated heterocycles. The van der Waals surface area contributed by atoms with E-state index in [0.29, 0.717) is 0 Å². The van der Waals surface area contributed by atoms with Gasteiger partial charge in [0.25, 0.3) is 0 Å². The van der Waals surface area contributed by atoms with Crippen LogP contribution >= 0.6 is 0 Å². The fourth-order valence-corrected chi connectivity index (χ4v) is 1.70. The summed E-state index contributed by atoms with van der Waals surface area (Å²) in [5.41, 5.74) is 5.15. The fourth-order valence-electron chi connectivity index (χ4n) is 1.70. The van der Waals surface area contributed by atoms with Crippen LogP contribution < -0.4 is 5.43 Å². The van der Waals surface area contributed by atoms with E-state index in [-0.39, 0.29) is 0 Å². The molecule has 87 valence electrons. The van der Waals surface area contributed by atoms with Gasteiger partial charge in [0, 0.05) is 5.56 Å². The Labute approximate surface area is 105 Å². The zero-order valence-corrected chi connectivity index (χ0v) is 9.62. The van der Waals surface area contributed by atoms with Crippen LogP contribution in [-0.2, 0) is 0 Å². The summed E-state index contributed by atoms with van der Waals surface area (Å²) in [5, 5.41) is 7.90. The van der Waals surface area contributed by atoms with E-state index < -0.39 is 0 Å². The van der Waals surface area contributed by atoms with Crippen LogP contribution in [0.3, 0.4) is 0 Å². The first-order valence-corrected chi connectivity index (χ1v) is 5.64. The van der Waals surface area contributed by atoms with Crippen molar-refractivity contribution >= 4 is 5.69 Å². The van der Waals surface area contributed by atoms with Crippen LogP contribution in [0.25, 0.3) is 11.4 Å². The average molecular weight is 235 g/mol. The standard InChI is InChI=1S/C14H11N4/c1-3-7-12(8-4-1)14-16-15-11-18(14)17-13-9-5-2-6-10-13/h1-10,17H. The second-order valence-electron chi connectivity index (χ2n) is 3.80. The van der Waals surface area contributed by atoms with Crippen LogP contribution in [0.1, 0.15) is 0 Å². The number of anilines is 1. The fraction of sp³-hybridized carbons (Fsp3) is 0. The number of benzene rings is 2. The first-order valence-electron chi connectivity index (χ1n) is 5.64. The summed E-state index contributed by atoms with van der Waals surface area (Å²) in [5.74, 6) is 0.736. The second kappa shape index (κ2) is 4.71. The van der Waals surface area contributed by atoms with Gasteiger partial charge in [0.1, 0.15) is 0 Å². The van der Waals surface area contributed by atoms with Gasteiger partial charge in [0.15, 0.2) is 5.82 Å². The largest absolute Gasteiger partial charge is 0.291 e. The van der Waals surface area contributed by atoms with E-state index in [1.54, 1.807) is 4.68 Å². The lowest BCUT2D eigenvalue weighted by molar-refractivity contribution is 0.951. The SMILES string of the molecule is [c]1nnc(-c2ccccc2)n1Nc1ccccc1. The summed E-state index contributed by atoms with van der Waals surface area (Å²) < 4.78 is 1.69. The molecule has 0 aliphatic heterocycles. The molecule has 1 radical (unpaired) electrons. The van der Waals surface area contributed by atoms with Crippen molar-refractivity contribution in [3.63, 3.8) is 0 Å². The first kappa shape index (κ1) is 10.5.